The highest BCUT2D eigenvalue weighted by molar-refractivity contribution is 6.07. The molecule has 1 aromatic carbocycles. The maximum absolute atomic E-state index is 13.7. The second-order valence-corrected chi connectivity index (χ2v) is 10.0. The summed E-state index contributed by atoms with van der Waals surface area (Å²) in [5, 5.41) is 17.8. The smallest absolute Gasteiger partial charge is 0.408 e. The number of benzene rings is 1. The van der Waals surface area contributed by atoms with Crippen LogP contribution in [0.3, 0.4) is 0 Å². The maximum atomic E-state index is 13.7. The van der Waals surface area contributed by atoms with Crippen LogP contribution in [-0.4, -0.2) is 81.0 Å². The minimum absolute atomic E-state index is 0.0230. The van der Waals surface area contributed by atoms with Crippen LogP contribution in [-0.2, 0) is 13.1 Å². The molecule has 9 nitrogen and oxygen atoms in total. The van der Waals surface area contributed by atoms with Crippen molar-refractivity contribution < 1.29 is 23.1 Å². The summed E-state index contributed by atoms with van der Waals surface area (Å²) in [4.78, 5) is 26.5. The molecule has 0 aliphatic rings. The van der Waals surface area contributed by atoms with Gasteiger partial charge in [0.15, 0.2) is 0 Å². The number of aromatic hydroxyl groups is 1. The first kappa shape index (κ1) is 28.8. The molecule has 0 spiro atoms. The lowest BCUT2D eigenvalue weighted by Gasteiger charge is -2.19. The van der Waals surface area contributed by atoms with E-state index in [0.29, 0.717) is 33.5 Å². The molecule has 2 N–H and O–H groups in total. The molecule has 0 radical (unpaired) electrons. The van der Waals surface area contributed by atoms with E-state index in [1.54, 1.807) is 19.2 Å². The predicted molar refractivity (Wildman–Crippen MR) is 147 cm³/mol. The summed E-state index contributed by atoms with van der Waals surface area (Å²) in [6.45, 7) is 3.89. The van der Waals surface area contributed by atoms with Gasteiger partial charge in [0, 0.05) is 43.3 Å². The van der Waals surface area contributed by atoms with Crippen molar-refractivity contribution in [2.24, 2.45) is 0 Å². The van der Waals surface area contributed by atoms with Crippen LogP contribution in [0.15, 0.2) is 42.6 Å². The fourth-order valence-corrected chi connectivity index (χ4v) is 4.33. The topological polar surface area (TPSA) is 99.4 Å². The summed E-state index contributed by atoms with van der Waals surface area (Å²) in [7, 11) is 5.56. The number of fused-ring (bicyclic) bond motifs is 1. The normalized spacial score (nSPS) is 11.8. The number of nitrogens with one attached hydrogen (secondary N) is 1. The molecule has 1 amide bonds. The molecule has 3 heterocycles. The number of hydrogen-bond donors (Lipinski definition) is 2. The molecule has 40 heavy (non-hydrogen) atoms. The van der Waals surface area contributed by atoms with Crippen LogP contribution in [0.4, 0.5) is 18.9 Å². The fourth-order valence-electron chi connectivity index (χ4n) is 4.33. The number of aryl methyl sites for hydroxylation is 1. The number of phenolic OH excluding ortho intramolecular Hbond substituents is 1. The molecule has 0 unspecified atom stereocenters. The number of pyridine rings is 2. The first-order valence-corrected chi connectivity index (χ1v) is 12.7. The van der Waals surface area contributed by atoms with Gasteiger partial charge < -0.3 is 20.2 Å². The average molecular weight is 556 g/mol. The molecule has 212 valence electrons. The van der Waals surface area contributed by atoms with Crippen LogP contribution in [0.25, 0.3) is 22.3 Å². The van der Waals surface area contributed by atoms with Crippen molar-refractivity contribution >= 4 is 22.5 Å². The van der Waals surface area contributed by atoms with Crippen molar-refractivity contribution in [3.8, 4) is 17.1 Å². The second kappa shape index (κ2) is 11.5. The Kier molecular flexibility index (Phi) is 8.29. The first-order chi connectivity index (χ1) is 18.8. The Labute approximate surface area is 230 Å². The van der Waals surface area contributed by atoms with Gasteiger partial charge in [-0.1, -0.05) is 0 Å². The van der Waals surface area contributed by atoms with Crippen molar-refractivity contribution in [3.05, 3.63) is 65.1 Å². The van der Waals surface area contributed by atoms with Gasteiger partial charge >= 0.3 is 6.18 Å². The van der Waals surface area contributed by atoms with Crippen molar-refractivity contribution in [2.45, 2.75) is 33.1 Å². The number of amides is 1. The van der Waals surface area contributed by atoms with E-state index < -0.39 is 12.7 Å². The fraction of sp³-hybridized carbons (Fsp3) is 0.357. The zero-order valence-electron chi connectivity index (χ0n) is 23.0. The Morgan fingerprint density at radius 2 is 1.80 bits per heavy atom. The third-order valence-corrected chi connectivity index (χ3v) is 6.53. The Morgan fingerprint density at radius 1 is 1.05 bits per heavy atom. The number of hydrogen-bond acceptors (Lipinski definition) is 7. The van der Waals surface area contributed by atoms with Gasteiger partial charge in [-0.3, -0.25) is 9.48 Å². The van der Waals surface area contributed by atoms with Gasteiger partial charge in [-0.15, -0.1) is 0 Å². The maximum Gasteiger partial charge on any atom is 0.408 e. The minimum atomic E-state index is -4.41. The van der Waals surface area contributed by atoms with E-state index in [0.717, 1.165) is 29.2 Å². The Bertz CT molecular complexity index is 1530. The van der Waals surface area contributed by atoms with Gasteiger partial charge in [0.05, 0.1) is 40.0 Å². The number of rotatable bonds is 9. The number of phenols is 1. The Hall–Kier alpha value is -4.19. The van der Waals surface area contributed by atoms with Crippen molar-refractivity contribution in [2.75, 3.05) is 39.5 Å². The lowest BCUT2D eigenvalue weighted by atomic mass is 10.0. The van der Waals surface area contributed by atoms with Crippen molar-refractivity contribution in [1.29, 1.82) is 0 Å². The third kappa shape index (κ3) is 6.68. The Balaban J connectivity index is 1.65. The van der Waals surface area contributed by atoms with Gasteiger partial charge in [-0.05, 0) is 64.3 Å². The van der Waals surface area contributed by atoms with E-state index in [1.165, 1.54) is 30.2 Å². The van der Waals surface area contributed by atoms with E-state index in [2.05, 4.69) is 20.3 Å². The number of anilines is 1. The number of carbonyl (C=O) groups is 1. The van der Waals surface area contributed by atoms with Gasteiger partial charge in [-0.2, -0.15) is 18.3 Å². The van der Waals surface area contributed by atoms with E-state index in [1.807, 2.05) is 33.2 Å². The highest BCUT2D eigenvalue weighted by Gasteiger charge is 2.30. The summed E-state index contributed by atoms with van der Waals surface area (Å²) < 4.78 is 39.5. The van der Waals surface area contributed by atoms with Crippen LogP contribution in [0.1, 0.15) is 27.3 Å². The van der Waals surface area contributed by atoms with Crippen molar-refractivity contribution in [3.63, 3.8) is 0 Å². The summed E-state index contributed by atoms with van der Waals surface area (Å²) >= 11 is 0. The highest BCUT2D eigenvalue weighted by atomic mass is 19.4. The second-order valence-electron chi connectivity index (χ2n) is 10.0. The summed E-state index contributed by atoms with van der Waals surface area (Å²) in [5.74, 6) is -0.411. The molecule has 0 aliphatic heterocycles. The predicted octanol–water partition coefficient (Wildman–Crippen LogP) is 4.62. The Morgan fingerprint density at radius 3 is 2.48 bits per heavy atom. The largest absolute Gasteiger partial charge is 0.508 e. The molecule has 0 atom stereocenters. The molecule has 0 saturated heterocycles. The molecule has 0 fully saturated rings. The summed E-state index contributed by atoms with van der Waals surface area (Å²) in [6.07, 6.45) is -3.06. The van der Waals surface area contributed by atoms with Gasteiger partial charge in [0.1, 0.15) is 12.3 Å². The van der Waals surface area contributed by atoms with Crippen LogP contribution >= 0.6 is 0 Å². The first-order valence-electron chi connectivity index (χ1n) is 12.7. The van der Waals surface area contributed by atoms with Crippen LogP contribution in [0.2, 0.25) is 0 Å². The number of alkyl halides is 3. The van der Waals surface area contributed by atoms with Gasteiger partial charge in [0.2, 0.25) is 0 Å². The lowest BCUT2D eigenvalue weighted by Crippen LogP contribution is -2.27. The monoisotopic (exact) mass is 555 g/mol. The zero-order valence-corrected chi connectivity index (χ0v) is 23.0. The average Bonchev–Trinajstić information content (AvgIpc) is 3.20. The summed E-state index contributed by atoms with van der Waals surface area (Å²) in [5.41, 5.74) is 4.33. The quantitative estimate of drug-likeness (QED) is 0.311. The van der Waals surface area contributed by atoms with Gasteiger partial charge in [0.25, 0.3) is 5.91 Å². The SMILES string of the molecule is Cc1nc(-c2cc(C(=O)N(C)Cc3cnn(CC(F)(F)F)c3C)c3cc(O)ccc3n2)ccc1NCCN(C)C. The molecule has 3 aromatic heterocycles. The molecule has 4 rings (SSSR count). The molecule has 12 heteroatoms. The molecule has 0 saturated carbocycles. The minimum Gasteiger partial charge on any atom is -0.508 e. The van der Waals surface area contributed by atoms with E-state index in [9.17, 15) is 23.1 Å². The molecular weight excluding hydrogens is 523 g/mol. The van der Waals surface area contributed by atoms with Crippen LogP contribution in [0.5, 0.6) is 5.75 Å². The number of halogens is 3. The van der Waals surface area contributed by atoms with E-state index >= 15 is 0 Å². The zero-order chi connectivity index (χ0) is 29.2. The molecular formula is C28H32F3N7O2. The third-order valence-electron chi connectivity index (χ3n) is 6.53. The number of likely N-dealkylation sites (N-methyl/N-ethyl adjacent to an activating group) is 1. The summed E-state index contributed by atoms with van der Waals surface area (Å²) in [6, 6.07) is 9.96. The number of nitrogens with zero attached hydrogens (tertiary/aromatic N) is 6. The highest BCUT2D eigenvalue weighted by Crippen LogP contribution is 2.29. The lowest BCUT2D eigenvalue weighted by molar-refractivity contribution is -0.142. The molecule has 4 aromatic rings. The van der Waals surface area contributed by atoms with E-state index in [4.69, 9.17) is 4.98 Å². The van der Waals surface area contributed by atoms with Crippen LogP contribution < -0.4 is 5.32 Å². The molecule has 0 bridgehead atoms. The van der Waals surface area contributed by atoms with Crippen molar-refractivity contribution in [1.82, 2.24) is 29.5 Å². The molecule has 0 aliphatic carbocycles. The van der Waals surface area contributed by atoms with E-state index in [-0.39, 0.29) is 23.8 Å². The number of aromatic nitrogens is 4. The standard InChI is InChI=1S/C28H32F3N7O2/c1-17-23(32-10-11-36(3)4)8-9-25(34-17)26-13-22(21-12-20(39)6-7-24(21)35-26)27(40)37(5)15-19-14-33-38(18(19)2)16-28(29,30)31/h6-9,12-14,32,39H,10-11,15-16H2,1-5H3. The van der Waals surface area contributed by atoms with Gasteiger partial charge in [-0.25, -0.2) is 9.97 Å². The number of carbonyl (C=O) groups excluding carboxylic acids is 1. The van der Waals surface area contributed by atoms with Crippen LogP contribution in [0, 0.1) is 13.8 Å².